The lowest BCUT2D eigenvalue weighted by Gasteiger charge is -2.34. The van der Waals surface area contributed by atoms with Crippen LogP contribution in [-0.2, 0) is 6.42 Å². The molecule has 2 heteroatoms. The number of hydrogen-bond donors (Lipinski definition) is 1. The molecule has 2 nitrogen and oxygen atoms in total. The molecular formula is C24H36N2. The third-order valence-electron chi connectivity index (χ3n) is 5.00. The Hall–Kier alpha value is -2.06. The smallest absolute Gasteiger partial charge is 0.0563 e. The zero-order valence-electron chi connectivity index (χ0n) is 17.4. The first-order chi connectivity index (χ1) is 12.2. The summed E-state index contributed by atoms with van der Waals surface area (Å²) in [6.07, 6.45) is 7.89. The van der Waals surface area contributed by atoms with Crippen molar-refractivity contribution >= 4 is 11.3 Å². The van der Waals surface area contributed by atoms with Gasteiger partial charge < -0.3 is 10.6 Å². The highest BCUT2D eigenvalue weighted by molar-refractivity contribution is 5.79. The first-order valence-electron chi connectivity index (χ1n) is 9.53. The van der Waals surface area contributed by atoms with Crippen LogP contribution in [0.5, 0.6) is 0 Å². The standard InChI is InChI=1S/C24H36N2/c1-9-12-16-24(7,25)20(6)26(8)22-14-15-23(21(11-3)17-22)19(5)18(4)13-10-2/h9,12,14-15,17H,4-6,10-11,13,16,25H2,1-3,7-8H3/b12-9-. The maximum Gasteiger partial charge on any atom is 0.0563 e. The van der Waals surface area contributed by atoms with Crippen LogP contribution in [0.2, 0.25) is 0 Å². The van der Waals surface area contributed by atoms with Crippen molar-refractivity contribution in [3.05, 3.63) is 72.5 Å². The van der Waals surface area contributed by atoms with Crippen LogP contribution < -0.4 is 10.6 Å². The van der Waals surface area contributed by atoms with Gasteiger partial charge in [0.1, 0.15) is 0 Å². The van der Waals surface area contributed by atoms with Gasteiger partial charge in [0.2, 0.25) is 0 Å². The summed E-state index contributed by atoms with van der Waals surface area (Å²) in [5.41, 5.74) is 12.6. The molecule has 0 aliphatic rings. The van der Waals surface area contributed by atoms with Crippen LogP contribution in [0.3, 0.4) is 0 Å². The van der Waals surface area contributed by atoms with Crippen molar-refractivity contribution in [1.29, 1.82) is 0 Å². The van der Waals surface area contributed by atoms with Gasteiger partial charge in [-0.1, -0.05) is 58.2 Å². The van der Waals surface area contributed by atoms with E-state index in [4.69, 9.17) is 5.73 Å². The van der Waals surface area contributed by atoms with E-state index in [1.807, 2.05) is 27.0 Å². The lowest BCUT2D eigenvalue weighted by molar-refractivity contribution is 0.545. The van der Waals surface area contributed by atoms with Gasteiger partial charge in [0.05, 0.1) is 5.54 Å². The van der Waals surface area contributed by atoms with E-state index in [1.54, 1.807) is 0 Å². The number of anilines is 1. The summed E-state index contributed by atoms with van der Waals surface area (Å²) >= 11 is 0. The molecule has 1 aromatic carbocycles. The summed E-state index contributed by atoms with van der Waals surface area (Å²) in [5.74, 6) is 0. The topological polar surface area (TPSA) is 29.3 Å². The molecule has 0 aliphatic carbocycles. The normalized spacial score (nSPS) is 13.5. The second-order valence-corrected chi connectivity index (χ2v) is 7.22. The van der Waals surface area contributed by atoms with E-state index >= 15 is 0 Å². The number of allylic oxidation sites excluding steroid dienone is 3. The van der Waals surface area contributed by atoms with Crippen molar-refractivity contribution in [2.75, 3.05) is 11.9 Å². The molecule has 142 valence electrons. The average Bonchev–Trinajstić information content (AvgIpc) is 2.64. The van der Waals surface area contributed by atoms with E-state index in [0.29, 0.717) is 0 Å². The van der Waals surface area contributed by atoms with Crippen molar-refractivity contribution in [2.45, 2.75) is 58.9 Å². The Bertz CT molecular complexity index is 692. The molecule has 1 atom stereocenters. The monoisotopic (exact) mass is 352 g/mol. The van der Waals surface area contributed by atoms with Crippen molar-refractivity contribution in [3.8, 4) is 0 Å². The molecule has 2 N–H and O–H groups in total. The van der Waals surface area contributed by atoms with Gasteiger partial charge in [0.15, 0.2) is 0 Å². The Balaban J connectivity index is 3.14. The molecule has 0 heterocycles. The average molecular weight is 353 g/mol. The van der Waals surface area contributed by atoms with Crippen LogP contribution >= 0.6 is 0 Å². The van der Waals surface area contributed by atoms with E-state index in [-0.39, 0.29) is 0 Å². The van der Waals surface area contributed by atoms with Gasteiger partial charge in [-0.3, -0.25) is 0 Å². The Labute approximate surface area is 160 Å². The van der Waals surface area contributed by atoms with Gasteiger partial charge >= 0.3 is 0 Å². The number of rotatable bonds is 10. The molecule has 0 bridgehead atoms. The molecule has 1 unspecified atom stereocenters. The molecule has 1 rings (SSSR count). The van der Waals surface area contributed by atoms with Crippen molar-refractivity contribution < 1.29 is 0 Å². The van der Waals surface area contributed by atoms with Gasteiger partial charge in [0, 0.05) is 18.4 Å². The van der Waals surface area contributed by atoms with E-state index < -0.39 is 5.54 Å². The van der Waals surface area contributed by atoms with Crippen LogP contribution in [-0.4, -0.2) is 12.6 Å². The molecule has 0 spiro atoms. The minimum Gasteiger partial charge on any atom is -0.347 e. The number of benzene rings is 1. The molecule has 0 radical (unpaired) electrons. The van der Waals surface area contributed by atoms with Gasteiger partial charge in [-0.05, 0) is 67.5 Å². The first-order valence-corrected chi connectivity index (χ1v) is 9.53. The molecule has 1 aromatic rings. The summed E-state index contributed by atoms with van der Waals surface area (Å²) < 4.78 is 0. The maximum absolute atomic E-state index is 6.49. The number of likely N-dealkylation sites (N-methyl/N-ethyl adjacent to an activating group) is 1. The van der Waals surface area contributed by atoms with Crippen molar-refractivity contribution in [3.63, 3.8) is 0 Å². The largest absolute Gasteiger partial charge is 0.347 e. The predicted molar refractivity (Wildman–Crippen MR) is 118 cm³/mol. The summed E-state index contributed by atoms with van der Waals surface area (Å²) in [4.78, 5) is 2.09. The van der Waals surface area contributed by atoms with Crippen LogP contribution in [0.25, 0.3) is 5.57 Å². The third kappa shape index (κ3) is 5.22. The molecule has 0 saturated heterocycles. The fourth-order valence-corrected chi connectivity index (χ4v) is 3.04. The lowest BCUT2D eigenvalue weighted by Crippen LogP contribution is -2.43. The van der Waals surface area contributed by atoms with E-state index in [9.17, 15) is 0 Å². The second kappa shape index (κ2) is 9.59. The van der Waals surface area contributed by atoms with Gasteiger partial charge in [-0.25, -0.2) is 0 Å². The maximum atomic E-state index is 6.49. The highest BCUT2D eigenvalue weighted by Crippen LogP contribution is 2.32. The molecule has 26 heavy (non-hydrogen) atoms. The Morgan fingerprint density at radius 2 is 1.88 bits per heavy atom. The van der Waals surface area contributed by atoms with E-state index in [1.165, 1.54) is 11.1 Å². The Morgan fingerprint density at radius 1 is 1.23 bits per heavy atom. The molecule has 0 saturated carbocycles. The number of nitrogens with zero attached hydrogens (tertiary/aromatic N) is 1. The molecular weight excluding hydrogens is 316 g/mol. The number of nitrogens with two attached hydrogens (primary N) is 1. The third-order valence-corrected chi connectivity index (χ3v) is 5.00. The van der Waals surface area contributed by atoms with E-state index in [2.05, 4.69) is 62.8 Å². The van der Waals surface area contributed by atoms with Crippen LogP contribution in [0, 0.1) is 0 Å². The van der Waals surface area contributed by atoms with Gasteiger partial charge in [-0.2, -0.15) is 0 Å². The highest BCUT2D eigenvalue weighted by atomic mass is 15.1. The Morgan fingerprint density at radius 3 is 2.42 bits per heavy atom. The molecule has 0 amide bonds. The number of hydrogen-bond acceptors (Lipinski definition) is 2. The minimum atomic E-state index is -0.481. The zero-order valence-corrected chi connectivity index (χ0v) is 17.4. The van der Waals surface area contributed by atoms with Crippen LogP contribution in [0.4, 0.5) is 5.69 Å². The fraction of sp³-hybridized carbons (Fsp3) is 0.417. The quantitative estimate of drug-likeness (QED) is 0.398. The zero-order chi connectivity index (χ0) is 19.9. The molecule has 0 fully saturated rings. The summed E-state index contributed by atoms with van der Waals surface area (Å²) in [6.45, 7) is 21.1. The van der Waals surface area contributed by atoms with E-state index in [0.717, 1.165) is 48.2 Å². The van der Waals surface area contributed by atoms with Crippen LogP contribution in [0.1, 0.15) is 58.1 Å². The van der Waals surface area contributed by atoms with Crippen LogP contribution in [0.15, 0.2) is 61.4 Å². The lowest BCUT2D eigenvalue weighted by atomic mass is 9.91. The minimum absolute atomic E-state index is 0.481. The Kier molecular flexibility index (Phi) is 8.10. The highest BCUT2D eigenvalue weighted by Gasteiger charge is 2.25. The predicted octanol–water partition coefficient (Wildman–Crippen LogP) is 6.25. The fourth-order valence-electron chi connectivity index (χ4n) is 3.04. The van der Waals surface area contributed by atoms with Gasteiger partial charge in [-0.15, -0.1) is 0 Å². The summed E-state index contributed by atoms with van der Waals surface area (Å²) in [7, 11) is 2.03. The van der Waals surface area contributed by atoms with Gasteiger partial charge in [0.25, 0.3) is 0 Å². The summed E-state index contributed by atoms with van der Waals surface area (Å²) in [6, 6.07) is 6.49. The number of aryl methyl sites for hydroxylation is 1. The summed E-state index contributed by atoms with van der Waals surface area (Å²) in [5, 5.41) is 0. The molecule has 0 aliphatic heterocycles. The van der Waals surface area contributed by atoms with Crippen molar-refractivity contribution in [1.82, 2.24) is 0 Å². The van der Waals surface area contributed by atoms with Crippen molar-refractivity contribution in [2.24, 2.45) is 5.73 Å². The second-order valence-electron chi connectivity index (χ2n) is 7.22. The SMILES string of the molecule is C=C(CCC)C(=C)c1ccc(N(C)C(=C)C(C)(N)C/C=C\C)cc1CC. The first kappa shape index (κ1) is 22.0. The molecule has 0 aromatic heterocycles.